The maximum atomic E-state index is 12.1. The van der Waals surface area contributed by atoms with E-state index in [1.54, 1.807) is 0 Å². The van der Waals surface area contributed by atoms with Crippen molar-refractivity contribution < 1.29 is 14.3 Å². The number of nitrogens with zero attached hydrogens (tertiary/aromatic N) is 1. The third-order valence-electron chi connectivity index (χ3n) is 4.72. The smallest absolute Gasteiger partial charge is 0.411 e. The second kappa shape index (κ2) is 12.6. The lowest BCUT2D eigenvalue weighted by atomic mass is 10.2. The Balaban J connectivity index is 1.70. The zero-order valence-electron chi connectivity index (χ0n) is 16.2. The number of hydrogen-bond acceptors (Lipinski definition) is 4. The number of rotatable bonds is 10. The van der Waals surface area contributed by atoms with E-state index < -0.39 is 6.09 Å². The number of unbranched alkanes of at least 4 members (excludes halogenated alkanes) is 3. The van der Waals surface area contributed by atoms with Gasteiger partial charge in [0.1, 0.15) is 12.4 Å². The molecule has 1 N–H and O–H groups in total. The molecule has 0 unspecified atom stereocenters. The van der Waals surface area contributed by atoms with E-state index in [1.165, 1.54) is 44.9 Å². The van der Waals surface area contributed by atoms with Gasteiger partial charge < -0.3 is 9.47 Å². The molecule has 0 radical (unpaired) electrons. The van der Waals surface area contributed by atoms with Crippen molar-refractivity contribution in [2.45, 2.75) is 58.3 Å². The highest BCUT2D eigenvalue weighted by Crippen LogP contribution is 2.24. The highest BCUT2D eigenvalue weighted by molar-refractivity contribution is 5.86. The maximum Gasteiger partial charge on any atom is 0.411 e. The number of nitrogens with one attached hydrogen (secondary N) is 1. The van der Waals surface area contributed by atoms with Crippen LogP contribution in [0.25, 0.3) is 0 Å². The number of carbonyl (C=O) groups excluding carboxylic acids is 1. The Morgan fingerprint density at radius 2 is 1.81 bits per heavy atom. The van der Waals surface area contributed by atoms with Gasteiger partial charge in [0.25, 0.3) is 0 Å². The summed E-state index contributed by atoms with van der Waals surface area (Å²) in [5.74, 6) is 0.702. The zero-order valence-corrected chi connectivity index (χ0v) is 16.2. The molecule has 146 valence electrons. The molecule has 1 saturated heterocycles. The van der Waals surface area contributed by atoms with E-state index in [0.29, 0.717) is 24.7 Å². The molecule has 1 aromatic carbocycles. The van der Waals surface area contributed by atoms with Gasteiger partial charge in [0.15, 0.2) is 0 Å². The first-order valence-corrected chi connectivity index (χ1v) is 10.2. The van der Waals surface area contributed by atoms with Crippen molar-refractivity contribution in [3.8, 4) is 5.75 Å². The lowest BCUT2D eigenvalue weighted by Gasteiger charge is -2.19. The Morgan fingerprint density at radius 3 is 2.58 bits per heavy atom. The van der Waals surface area contributed by atoms with Crippen LogP contribution in [0.1, 0.15) is 58.3 Å². The molecule has 0 saturated carbocycles. The van der Waals surface area contributed by atoms with Crippen LogP contribution in [0, 0.1) is 0 Å². The lowest BCUT2D eigenvalue weighted by Crippen LogP contribution is -2.30. The molecule has 0 aromatic heterocycles. The minimum Gasteiger partial charge on any atom is -0.491 e. The predicted octanol–water partition coefficient (Wildman–Crippen LogP) is 5.07. The van der Waals surface area contributed by atoms with Crippen LogP contribution in [0.3, 0.4) is 0 Å². The van der Waals surface area contributed by atoms with E-state index in [4.69, 9.17) is 9.47 Å². The van der Waals surface area contributed by atoms with Gasteiger partial charge in [-0.3, -0.25) is 10.2 Å². The fourth-order valence-corrected chi connectivity index (χ4v) is 3.18. The molecule has 1 fully saturated rings. The summed E-state index contributed by atoms with van der Waals surface area (Å²) in [6.07, 6.45) is 9.34. The van der Waals surface area contributed by atoms with E-state index in [1.807, 2.05) is 24.3 Å². The number of ether oxygens (including phenoxy) is 2. The minimum atomic E-state index is -0.415. The van der Waals surface area contributed by atoms with Crippen LogP contribution in [0.2, 0.25) is 0 Å². The van der Waals surface area contributed by atoms with Gasteiger partial charge in [-0.15, -0.1) is 0 Å². The predicted molar refractivity (Wildman–Crippen MR) is 106 cm³/mol. The van der Waals surface area contributed by atoms with Gasteiger partial charge in [-0.1, -0.05) is 51.2 Å². The fraction of sp³-hybridized carbons (Fsp3) is 0.667. The van der Waals surface area contributed by atoms with Gasteiger partial charge in [-0.2, -0.15) is 0 Å². The molecule has 5 heteroatoms. The number of anilines is 1. The summed E-state index contributed by atoms with van der Waals surface area (Å²) in [5, 5.41) is 2.81. The summed E-state index contributed by atoms with van der Waals surface area (Å²) >= 11 is 0. The van der Waals surface area contributed by atoms with Crippen molar-refractivity contribution in [1.29, 1.82) is 0 Å². The Kier molecular flexibility index (Phi) is 9.95. The third kappa shape index (κ3) is 8.09. The molecule has 0 aliphatic carbocycles. The Labute approximate surface area is 158 Å². The van der Waals surface area contributed by atoms with Crippen molar-refractivity contribution >= 4 is 11.8 Å². The first-order chi connectivity index (χ1) is 12.8. The summed E-state index contributed by atoms with van der Waals surface area (Å²) in [4.78, 5) is 14.5. The van der Waals surface area contributed by atoms with E-state index in [0.717, 1.165) is 26.1 Å². The SMILES string of the molecule is CCCCCCOc1ccccc1NC(=O)OCCN1CCCCCC1. The summed E-state index contributed by atoms with van der Waals surface area (Å²) < 4.78 is 11.2. The largest absolute Gasteiger partial charge is 0.491 e. The summed E-state index contributed by atoms with van der Waals surface area (Å²) in [5.41, 5.74) is 0.669. The molecule has 0 atom stereocenters. The second-order valence-electron chi connectivity index (χ2n) is 6.92. The first-order valence-electron chi connectivity index (χ1n) is 10.2. The van der Waals surface area contributed by atoms with Crippen molar-refractivity contribution in [2.75, 3.05) is 38.2 Å². The number of carbonyl (C=O) groups is 1. The summed E-state index contributed by atoms with van der Waals surface area (Å²) in [6.45, 7) is 6.31. The molecule has 1 amide bonds. The van der Waals surface area contributed by atoms with Gasteiger partial charge in [0.2, 0.25) is 0 Å². The first kappa shape index (κ1) is 20.6. The number of para-hydroxylation sites is 2. The van der Waals surface area contributed by atoms with Gasteiger partial charge >= 0.3 is 6.09 Å². The lowest BCUT2D eigenvalue weighted by molar-refractivity contribution is 0.140. The number of hydrogen-bond donors (Lipinski definition) is 1. The van der Waals surface area contributed by atoms with Gasteiger partial charge in [-0.25, -0.2) is 4.79 Å². The van der Waals surface area contributed by atoms with Gasteiger partial charge in [-0.05, 0) is 44.5 Å². The quantitative estimate of drug-likeness (QED) is 0.590. The van der Waals surface area contributed by atoms with Crippen LogP contribution < -0.4 is 10.1 Å². The molecular weight excluding hydrogens is 328 g/mol. The molecule has 5 nitrogen and oxygen atoms in total. The van der Waals surface area contributed by atoms with Gasteiger partial charge in [0.05, 0.1) is 12.3 Å². The van der Waals surface area contributed by atoms with Crippen molar-refractivity contribution in [3.63, 3.8) is 0 Å². The highest BCUT2D eigenvalue weighted by Gasteiger charge is 2.11. The van der Waals surface area contributed by atoms with E-state index in [-0.39, 0.29) is 0 Å². The van der Waals surface area contributed by atoms with Crippen molar-refractivity contribution in [1.82, 2.24) is 4.90 Å². The monoisotopic (exact) mass is 362 g/mol. The van der Waals surface area contributed by atoms with Crippen LogP contribution >= 0.6 is 0 Å². The van der Waals surface area contributed by atoms with Crippen LogP contribution in [0.4, 0.5) is 10.5 Å². The Hall–Kier alpha value is -1.75. The van der Waals surface area contributed by atoms with E-state index in [9.17, 15) is 4.79 Å². The number of likely N-dealkylation sites (tertiary alicyclic amines) is 1. The van der Waals surface area contributed by atoms with Crippen molar-refractivity contribution in [2.24, 2.45) is 0 Å². The van der Waals surface area contributed by atoms with Gasteiger partial charge in [0, 0.05) is 6.54 Å². The van der Waals surface area contributed by atoms with Crippen LogP contribution in [0.5, 0.6) is 5.75 Å². The molecule has 1 aliphatic rings. The molecule has 1 aliphatic heterocycles. The van der Waals surface area contributed by atoms with Crippen molar-refractivity contribution in [3.05, 3.63) is 24.3 Å². The minimum absolute atomic E-state index is 0.415. The second-order valence-corrected chi connectivity index (χ2v) is 6.92. The molecule has 26 heavy (non-hydrogen) atoms. The molecule has 1 heterocycles. The molecule has 0 spiro atoms. The standard InChI is InChI=1S/C21H34N2O3/c1-2-3-4-11-17-25-20-13-8-7-12-19(20)22-21(24)26-18-16-23-14-9-5-6-10-15-23/h7-8,12-13H,2-6,9-11,14-18H2,1H3,(H,22,24). The zero-order chi connectivity index (χ0) is 18.5. The average molecular weight is 363 g/mol. The van der Waals surface area contributed by atoms with Crippen LogP contribution in [-0.4, -0.2) is 43.8 Å². The normalized spacial score (nSPS) is 15.3. The highest BCUT2D eigenvalue weighted by atomic mass is 16.5. The van der Waals surface area contributed by atoms with Crippen LogP contribution in [0.15, 0.2) is 24.3 Å². The molecular formula is C21H34N2O3. The maximum absolute atomic E-state index is 12.1. The Bertz CT molecular complexity index is 514. The molecule has 2 rings (SSSR count). The summed E-state index contributed by atoms with van der Waals surface area (Å²) in [6, 6.07) is 7.53. The van der Waals surface area contributed by atoms with Crippen LogP contribution in [-0.2, 0) is 4.74 Å². The summed E-state index contributed by atoms with van der Waals surface area (Å²) in [7, 11) is 0. The van der Waals surface area contributed by atoms with E-state index >= 15 is 0 Å². The fourth-order valence-electron chi connectivity index (χ4n) is 3.18. The number of amides is 1. The van der Waals surface area contributed by atoms with E-state index in [2.05, 4.69) is 17.1 Å². The number of benzene rings is 1. The average Bonchev–Trinajstić information content (AvgIpc) is 2.92. The molecule has 0 bridgehead atoms. The molecule has 1 aromatic rings. The topological polar surface area (TPSA) is 50.8 Å². The third-order valence-corrected chi connectivity index (χ3v) is 4.72. The Morgan fingerprint density at radius 1 is 1.04 bits per heavy atom.